The van der Waals surface area contributed by atoms with Crippen molar-refractivity contribution in [1.82, 2.24) is 0 Å². The summed E-state index contributed by atoms with van der Waals surface area (Å²) < 4.78 is 60.1. The van der Waals surface area contributed by atoms with Gasteiger partial charge in [0.15, 0.2) is 0 Å². The molecular weight excluding hydrogens is 569 g/mol. The summed E-state index contributed by atoms with van der Waals surface area (Å²) in [4.78, 5) is 22.6. The van der Waals surface area contributed by atoms with E-state index in [2.05, 4.69) is 20.7 Å². The Morgan fingerprint density at radius 3 is 2.03 bits per heavy atom. The Morgan fingerprint density at radius 2 is 1.53 bits per heavy atom. The van der Waals surface area contributed by atoms with Crippen LogP contribution in [0.4, 0.5) is 24.5 Å². The lowest BCUT2D eigenvalue weighted by Gasteiger charge is -2.22. The van der Waals surface area contributed by atoms with Gasteiger partial charge in [0.1, 0.15) is 0 Å². The summed E-state index contributed by atoms with van der Waals surface area (Å²) in [5.41, 5.74) is 1.72. The average Bonchev–Trinajstić information content (AvgIpc) is 2.79. The number of aromatic carboxylic acids is 1. The Labute approximate surface area is 213 Å². The molecule has 3 rings (SSSR count). The van der Waals surface area contributed by atoms with Gasteiger partial charge in [0.2, 0.25) is 0 Å². The number of hydrogen-bond acceptors (Lipinski definition) is 5. The van der Waals surface area contributed by atoms with Gasteiger partial charge in [-0.25, -0.2) is 18.0 Å². The number of sulfonamides is 1. The van der Waals surface area contributed by atoms with E-state index in [0.717, 1.165) is 10.0 Å². The number of aliphatic carboxylic acids is 1. The fourth-order valence-corrected chi connectivity index (χ4v) is 4.19. The van der Waals surface area contributed by atoms with Crippen molar-refractivity contribution in [2.45, 2.75) is 17.6 Å². The first-order valence-corrected chi connectivity index (χ1v) is 12.2. The molecule has 0 aromatic heterocycles. The van der Waals surface area contributed by atoms with E-state index in [9.17, 15) is 31.5 Å². The van der Waals surface area contributed by atoms with Crippen molar-refractivity contribution in [3.8, 4) is 0 Å². The number of halogens is 4. The number of rotatable bonds is 7. The second-order valence-corrected chi connectivity index (χ2v) is 9.84. The van der Waals surface area contributed by atoms with Gasteiger partial charge in [0.25, 0.3) is 10.0 Å². The van der Waals surface area contributed by atoms with Crippen LogP contribution in [-0.4, -0.2) is 43.8 Å². The van der Waals surface area contributed by atoms with E-state index in [1.165, 1.54) is 18.2 Å². The molecule has 3 aromatic carbocycles. The van der Waals surface area contributed by atoms with Crippen LogP contribution in [-0.2, 0) is 21.4 Å². The largest absolute Gasteiger partial charge is 0.490 e. The highest BCUT2D eigenvalue weighted by molar-refractivity contribution is 9.10. The van der Waals surface area contributed by atoms with E-state index in [1.807, 2.05) is 35.2 Å². The number of carboxylic acids is 2. The highest BCUT2D eigenvalue weighted by Crippen LogP contribution is 2.27. The molecule has 0 radical (unpaired) electrons. The number of benzene rings is 3. The molecule has 0 unspecified atom stereocenters. The third kappa shape index (κ3) is 8.27. The average molecular weight is 589 g/mol. The molecule has 0 fully saturated rings. The van der Waals surface area contributed by atoms with Gasteiger partial charge >= 0.3 is 18.1 Å². The number of carboxylic acid groups (broad SMARTS) is 2. The van der Waals surface area contributed by atoms with Crippen molar-refractivity contribution < 1.29 is 41.4 Å². The Bertz CT molecular complexity index is 1320. The van der Waals surface area contributed by atoms with Crippen LogP contribution in [0.1, 0.15) is 15.9 Å². The maximum absolute atomic E-state index is 12.6. The molecule has 0 atom stereocenters. The van der Waals surface area contributed by atoms with Gasteiger partial charge in [-0.15, -0.1) is 0 Å². The third-order valence-electron chi connectivity index (χ3n) is 4.52. The fraction of sp³-hybridized carbons (Fsp3) is 0.130. The molecular formula is C23H20BrF3N2O6S. The summed E-state index contributed by atoms with van der Waals surface area (Å²) in [5, 5.41) is 16.8. The zero-order valence-corrected chi connectivity index (χ0v) is 20.9. The number of nitrogens with zero attached hydrogens (tertiary/aromatic N) is 1. The first-order valence-electron chi connectivity index (χ1n) is 9.91. The van der Waals surface area contributed by atoms with Crippen LogP contribution in [0.2, 0.25) is 0 Å². The van der Waals surface area contributed by atoms with Crippen molar-refractivity contribution in [3.05, 3.63) is 88.4 Å². The van der Waals surface area contributed by atoms with Gasteiger partial charge in [-0.05, 0) is 48.0 Å². The molecule has 0 amide bonds. The quantitative estimate of drug-likeness (QED) is 0.346. The topological polar surface area (TPSA) is 124 Å². The molecule has 0 saturated carbocycles. The molecule has 0 aliphatic rings. The van der Waals surface area contributed by atoms with E-state index in [4.69, 9.17) is 9.90 Å². The lowest BCUT2D eigenvalue weighted by molar-refractivity contribution is -0.192. The monoisotopic (exact) mass is 588 g/mol. The molecule has 36 heavy (non-hydrogen) atoms. The second kappa shape index (κ2) is 11.9. The van der Waals surface area contributed by atoms with Gasteiger partial charge in [0, 0.05) is 23.8 Å². The SMILES string of the molecule is CN(Cc1ccccc1)c1ccc(NS(=O)(=O)c2ccc(Br)cc2)cc1C(=O)O.O=C(O)C(F)(F)F. The van der Waals surface area contributed by atoms with Crippen LogP contribution in [0.15, 0.2) is 82.2 Å². The summed E-state index contributed by atoms with van der Waals surface area (Å²) in [6, 6.07) is 20.3. The van der Waals surface area contributed by atoms with Gasteiger partial charge in [-0.1, -0.05) is 46.3 Å². The Balaban J connectivity index is 0.000000572. The van der Waals surface area contributed by atoms with Crippen LogP contribution in [0.5, 0.6) is 0 Å². The Kier molecular flexibility index (Phi) is 9.48. The number of alkyl halides is 3. The van der Waals surface area contributed by atoms with Crippen molar-refractivity contribution in [2.24, 2.45) is 0 Å². The van der Waals surface area contributed by atoms with Gasteiger partial charge < -0.3 is 15.1 Å². The van der Waals surface area contributed by atoms with E-state index in [0.29, 0.717) is 12.2 Å². The van der Waals surface area contributed by atoms with Crippen LogP contribution in [0.25, 0.3) is 0 Å². The predicted molar refractivity (Wildman–Crippen MR) is 131 cm³/mol. The lowest BCUT2D eigenvalue weighted by Crippen LogP contribution is -2.21. The molecule has 192 valence electrons. The highest BCUT2D eigenvalue weighted by Gasteiger charge is 2.38. The molecule has 8 nitrogen and oxygen atoms in total. The van der Waals surface area contributed by atoms with Crippen molar-refractivity contribution in [2.75, 3.05) is 16.7 Å². The van der Waals surface area contributed by atoms with Crippen LogP contribution >= 0.6 is 15.9 Å². The molecule has 3 N–H and O–H groups in total. The highest BCUT2D eigenvalue weighted by atomic mass is 79.9. The zero-order valence-electron chi connectivity index (χ0n) is 18.5. The van der Waals surface area contributed by atoms with Gasteiger partial charge in [-0.2, -0.15) is 13.2 Å². The summed E-state index contributed by atoms with van der Waals surface area (Å²) in [5.74, 6) is -3.89. The van der Waals surface area contributed by atoms with Crippen molar-refractivity contribution in [1.29, 1.82) is 0 Å². The third-order valence-corrected chi connectivity index (χ3v) is 6.45. The van der Waals surface area contributed by atoms with Crippen LogP contribution < -0.4 is 9.62 Å². The standard InChI is InChI=1S/C21H19BrN2O4S.C2HF3O2/c1-24(14-15-5-3-2-4-6-15)20-12-9-17(13-19(20)21(25)26)23-29(27,28)18-10-7-16(22)8-11-18;3-2(4,5)1(6)7/h2-13,23H,14H2,1H3,(H,25,26);(H,6,7). The zero-order chi connectivity index (χ0) is 27.1. The molecule has 0 heterocycles. The minimum Gasteiger partial charge on any atom is -0.478 e. The second-order valence-electron chi connectivity index (χ2n) is 7.24. The number of nitrogens with one attached hydrogen (secondary N) is 1. The minimum absolute atomic E-state index is 0.0134. The first kappa shape index (κ1) is 28.7. The summed E-state index contributed by atoms with van der Waals surface area (Å²) in [6.07, 6.45) is -5.08. The fourth-order valence-electron chi connectivity index (χ4n) is 2.87. The van der Waals surface area contributed by atoms with Crippen LogP contribution in [0, 0.1) is 0 Å². The molecule has 0 saturated heterocycles. The molecule has 13 heteroatoms. The van der Waals surface area contributed by atoms with E-state index < -0.39 is 28.1 Å². The summed E-state index contributed by atoms with van der Waals surface area (Å²) in [7, 11) is -2.04. The smallest absolute Gasteiger partial charge is 0.478 e. The molecule has 0 aliphatic carbocycles. The molecule has 0 bridgehead atoms. The van der Waals surface area contributed by atoms with Crippen molar-refractivity contribution >= 4 is 49.3 Å². The number of carbonyl (C=O) groups is 2. The van der Waals surface area contributed by atoms with Gasteiger partial charge in [0.05, 0.1) is 16.1 Å². The summed E-state index contributed by atoms with van der Waals surface area (Å²) >= 11 is 3.26. The molecule has 0 aliphatic heterocycles. The predicted octanol–water partition coefficient (Wildman–Crippen LogP) is 5.22. The molecule has 0 spiro atoms. The first-order chi connectivity index (χ1) is 16.7. The van der Waals surface area contributed by atoms with E-state index in [1.54, 1.807) is 31.3 Å². The number of hydrogen-bond donors (Lipinski definition) is 3. The van der Waals surface area contributed by atoms with E-state index >= 15 is 0 Å². The normalized spacial score (nSPS) is 11.1. The Hall–Kier alpha value is -3.58. The number of anilines is 2. The summed E-state index contributed by atoms with van der Waals surface area (Å²) in [6.45, 7) is 0.519. The van der Waals surface area contributed by atoms with Crippen molar-refractivity contribution in [3.63, 3.8) is 0 Å². The van der Waals surface area contributed by atoms with Crippen LogP contribution in [0.3, 0.4) is 0 Å². The van der Waals surface area contributed by atoms with E-state index in [-0.39, 0.29) is 16.1 Å². The van der Waals surface area contributed by atoms with Gasteiger partial charge in [-0.3, -0.25) is 4.72 Å². The lowest BCUT2D eigenvalue weighted by atomic mass is 10.1. The maximum Gasteiger partial charge on any atom is 0.490 e. The maximum atomic E-state index is 12.6. The Morgan fingerprint density at radius 1 is 0.972 bits per heavy atom. The molecule has 3 aromatic rings. The minimum atomic E-state index is -5.08.